The molecule has 0 radical (unpaired) electrons. The molecule has 1 aromatic rings. The molecule has 2 amide bonds. The topological polar surface area (TPSA) is 49.4 Å². The van der Waals surface area contributed by atoms with Gasteiger partial charge in [-0.3, -0.25) is 9.59 Å². The molecule has 2 rings (SSSR count). The molecule has 0 heterocycles. The van der Waals surface area contributed by atoms with Crippen molar-refractivity contribution in [1.82, 2.24) is 4.90 Å². The van der Waals surface area contributed by atoms with Crippen LogP contribution in [0.4, 0.5) is 5.69 Å². The zero-order chi connectivity index (χ0) is 17.5. The second-order valence-corrected chi connectivity index (χ2v) is 7.22. The summed E-state index contributed by atoms with van der Waals surface area (Å²) in [4.78, 5) is 25.7. The summed E-state index contributed by atoms with van der Waals surface area (Å²) in [7, 11) is 0. The van der Waals surface area contributed by atoms with E-state index in [9.17, 15) is 9.59 Å². The lowest BCUT2D eigenvalue weighted by atomic mass is 9.97. The van der Waals surface area contributed by atoms with Gasteiger partial charge in [0.05, 0.1) is 6.54 Å². The van der Waals surface area contributed by atoms with Crippen LogP contribution >= 0.6 is 15.9 Å². The molecule has 1 aliphatic carbocycles. The monoisotopic (exact) mass is 392 g/mol. The van der Waals surface area contributed by atoms with E-state index in [0.29, 0.717) is 6.54 Å². The summed E-state index contributed by atoms with van der Waals surface area (Å²) in [5.74, 6) is -0.220. The molecule has 0 aliphatic heterocycles. The van der Waals surface area contributed by atoms with E-state index in [0.717, 1.165) is 35.0 Å². The fourth-order valence-corrected chi connectivity index (χ4v) is 3.36. The fourth-order valence-electron chi connectivity index (χ4n) is 2.89. The van der Waals surface area contributed by atoms with Crippen LogP contribution in [0.3, 0.4) is 0 Å². The predicted octanol–water partition coefficient (Wildman–Crippen LogP) is 4.44. The highest BCUT2D eigenvalue weighted by Gasteiger charge is 2.15. The number of carbonyl (C=O) groups excluding carboxylic acids is 2. The molecule has 1 aliphatic rings. The third kappa shape index (κ3) is 5.78. The van der Waals surface area contributed by atoms with Crippen molar-refractivity contribution in [2.45, 2.75) is 46.0 Å². The first-order valence-corrected chi connectivity index (χ1v) is 9.24. The van der Waals surface area contributed by atoms with Crippen LogP contribution in [0.25, 0.3) is 0 Å². The van der Waals surface area contributed by atoms with Crippen LogP contribution in [0, 0.1) is 6.92 Å². The zero-order valence-electron chi connectivity index (χ0n) is 14.4. The van der Waals surface area contributed by atoms with E-state index in [1.54, 1.807) is 4.90 Å². The van der Waals surface area contributed by atoms with Crippen molar-refractivity contribution in [3.8, 4) is 0 Å². The summed E-state index contributed by atoms with van der Waals surface area (Å²) in [6.45, 7) is 4.16. The molecule has 0 spiro atoms. The lowest BCUT2D eigenvalue weighted by molar-refractivity contribution is -0.132. The van der Waals surface area contributed by atoms with Gasteiger partial charge in [-0.1, -0.05) is 27.6 Å². The van der Waals surface area contributed by atoms with Gasteiger partial charge < -0.3 is 10.2 Å². The number of rotatable bonds is 6. The van der Waals surface area contributed by atoms with Crippen molar-refractivity contribution in [2.24, 2.45) is 0 Å². The summed E-state index contributed by atoms with van der Waals surface area (Å²) in [5, 5.41) is 2.89. The third-order valence-corrected chi connectivity index (χ3v) is 4.82. The van der Waals surface area contributed by atoms with Crippen molar-refractivity contribution in [3.05, 3.63) is 39.9 Å². The molecule has 1 aromatic carbocycles. The second kappa shape index (κ2) is 9.02. The zero-order valence-corrected chi connectivity index (χ0v) is 16.0. The van der Waals surface area contributed by atoms with Crippen molar-refractivity contribution < 1.29 is 9.59 Å². The number of carbonyl (C=O) groups is 2. The van der Waals surface area contributed by atoms with Gasteiger partial charge in [0.2, 0.25) is 11.8 Å². The number of nitrogens with zero attached hydrogens (tertiary/aromatic N) is 1. The maximum atomic E-state index is 12.3. The molecule has 0 saturated heterocycles. The van der Waals surface area contributed by atoms with Crippen LogP contribution in [0.5, 0.6) is 0 Å². The number of hydrogen-bond acceptors (Lipinski definition) is 2. The predicted molar refractivity (Wildman–Crippen MR) is 101 cm³/mol. The molecule has 0 aromatic heterocycles. The van der Waals surface area contributed by atoms with Crippen molar-refractivity contribution >= 4 is 33.4 Å². The van der Waals surface area contributed by atoms with E-state index in [1.807, 2.05) is 25.1 Å². The summed E-state index contributed by atoms with van der Waals surface area (Å²) >= 11 is 3.41. The van der Waals surface area contributed by atoms with Crippen LogP contribution in [0.15, 0.2) is 34.3 Å². The Morgan fingerprint density at radius 3 is 2.71 bits per heavy atom. The maximum absolute atomic E-state index is 12.3. The van der Waals surface area contributed by atoms with Crippen LogP contribution in [-0.2, 0) is 9.59 Å². The van der Waals surface area contributed by atoms with Crippen LogP contribution in [0.2, 0.25) is 0 Å². The van der Waals surface area contributed by atoms with Crippen molar-refractivity contribution in [3.63, 3.8) is 0 Å². The first kappa shape index (κ1) is 18.7. The molecule has 0 bridgehead atoms. The molecule has 0 atom stereocenters. The van der Waals surface area contributed by atoms with Gasteiger partial charge in [0.25, 0.3) is 0 Å². The molecule has 5 heteroatoms. The summed E-state index contributed by atoms with van der Waals surface area (Å²) in [5.41, 5.74) is 3.18. The highest BCUT2D eigenvalue weighted by molar-refractivity contribution is 9.10. The first-order valence-electron chi connectivity index (χ1n) is 8.45. The minimum absolute atomic E-state index is 0.0610. The van der Waals surface area contributed by atoms with Crippen LogP contribution in [-0.4, -0.2) is 29.8 Å². The van der Waals surface area contributed by atoms with E-state index in [-0.39, 0.29) is 18.4 Å². The summed E-state index contributed by atoms with van der Waals surface area (Å²) in [6.07, 6.45) is 7.90. The molecule has 0 saturated carbocycles. The van der Waals surface area contributed by atoms with E-state index in [1.165, 1.54) is 25.3 Å². The SMILES string of the molecule is CC(=O)N(CCC1=CCCCC1)CC(=O)Nc1ccc(Br)cc1C. The van der Waals surface area contributed by atoms with E-state index in [2.05, 4.69) is 27.3 Å². The van der Waals surface area contributed by atoms with Gasteiger partial charge in [-0.2, -0.15) is 0 Å². The number of halogens is 1. The Balaban J connectivity index is 1.90. The molecular formula is C19H25BrN2O2. The molecule has 0 fully saturated rings. The van der Waals surface area contributed by atoms with Crippen LogP contribution < -0.4 is 5.32 Å². The summed E-state index contributed by atoms with van der Waals surface area (Å²) < 4.78 is 0.976. The Morgan fingerprint density at radius 1 is 1.29 bits per heavy atom. The van der Waals surface area contributed by atoms with Gasteiger partial charge in [-0.05, 0) is 62.8 Å². The molecule has 0 unspecified atom stereocenters. The minimum atomic E-state index is -0.159. The summed E-state index contributed by atoms with van der Waals surface area (Å²) in [6, 6.07) is 5.71. The van der Waals surface area contributed by atoms with Gasteiger partial charge >= 0.3 is 0 Å². The third-order valence-electron chi connectivity index (χ3n) is 4.33. The normalized spacial score (nSPS) is 14.0. The molecule has 1 N–H and O–H groups in total. The van der Waals surface area contributed by atoms with Crippen LogP contribution in [0.1, 0.15) is 44.6 Å². The Morgan fingerprint density at radius 2 is 2.08 bits per heavy atom. The van der Waals surface area contributed by atoms with E-state index < -0.39 is 0 Å². The van der Waals surface area contributed by atoms with Crippen molar-refractivity contribution in [2.75, 3.05) is 18.4 Å². The Kier molecular flexibility index (Phi) is 7.03. The first-order chi connectivity index (χ1) is 11.5. The second-order valence-electron chi connectivity index (χ2n) is 6.31. The molecular weight excluding hydrogens is 368 g/mol. The molecule has 4 nitrogen and oxygen atoms in total. The number of amides is 2. The fraction of sp³-hybridized carbons (Fsp3) is 0.474. The number of nitrogens with one attached hydrogen (secondary N) is 1. The van der Waals surface area contributed by atoms with Gasteiger partial charge in [0.1, 0.15) is 0 Å². The average molecular weight is 393 g/mol. The molecule has 24 heavy (non-hydrogen) atoms. The lowest BCUT2D eigenvalue weighted by Gasteiger charge is -2.22. The highest BCUT2D eigenvalue weighted by Crippen LogP contribution is 2.21. The maximum Gasteiger partial charge on any atom is 0.244 e. The number of allylic oxidation sites excluding steroid dienone is 1. The molecule has 130 valence electrons. The van der Waals surface area contributed by atoms with E-state index >= 15 is 0 Å². The Hall–Kier alpha value is -1.62. The minimum Gasteiger partial charge on any atom is -0.333 e. The largest absolute Gasteiger partial charge is 0.333 e. The average Bonchev–Trinajstić information content (AvgIpc) is 2.55. The van der Waals surface area contributed by atoms with Gasteiger partial charge in [-0.15, -0.1) is 0 Å². The highest BCUT2D eigenvalue weighted by atomic mass is 79.9. The van der Waals surface area contributed by atoms with Gasteiger partial charge in [0.15, 0.2) is 0 Å². The number of benzene rings is 1. The van der Waals surface area contributed by atoms with Gasteiger partial charge in [0, 0.05) is 23.6 Å². The smallest absolute Gasteiger partial charge is 0.244 e. The standard InChI is InChI=1S/C19H25BrN2O2/c1-14-12-17(20)8-9-18(14)21-19(24)13-22(15(2)23)11-10-16-6-4-3-5-7-16/h6,8-9,12H,3-5,7,10-11,13H2,1-2H3,(H,21,24). The number of aryl methyl sites for hydroxylation is 1. The Labute approximate surface area is 152 Å². The van der Waals surface area contributed by atoms with Crippen molar-refractivity contribution in [1.29, 1.82) is 0 Å². The lowest BCUT2D eigenvalue weighted by Crippen LogP contribution is -2.37. The number of anilines is 1. The Bertz CT molecular complexity index is 640. The quantitative estimate of drug-likeness (QED) is 0.727. The van der Waals surface area contributed by atoms with E-state index in [4.69, 9.17) is 0 Å². The van der Waals surface area contributed by atoms with Gasteiger partial charge in [-0.25, -0.2) is 0 Å². The number of hydrogen-bond donors (Lipinski definition) is 1.